The van der Waals surface area contributed by atoms with E-state index in [1.807, 2.05) is 6.07 Å². The standard InChI is InChI=1S/C15H19Cl2NO2/c1-10(19)13(9-18-6-4-12(20)5-7-18)11-2-3-14(16)15(17)8-11/h2-3,8,12-13,20H,4-7,9H2,1H3/t13-/m0/s1. The summed E-state index contributed by atoms with van der Waals surface area (Å²) in [4.78, 5) is 14.2. The Morgan fingerprint density at radius 3 is 2.55 bits per heavy atom. The number of piperidine rings is 1. The molecular formula is C15H19Cl2NO2. The molecule has 1 aromatic carbocycles. The van der Waals surface area contributed by atoms with Crippen molar-refractivity contribution in [3.05, 3.63) is 33.8 Å². The predicted molar refractivity (Wildman–Crippen MR) is 81.6 cm³/mol. The number of likely N-dealkylation sites (tertiary alicyclic amines) is 1. The van der Waals surface area contributed by atoms with Gasteiger partial charge in [0.25, 0.3) is 0 Å². The van der Waals surface area contributed by atoms with Gasteiger partial charge in [-0.25, -0.2) is 0 Å². The van der Waals surface area contributed by atoms with Crippen LogP contribution in [0.1, 0.15) is 31.2 Å². The fraction of sp³-hybridized carbons (Fsp3) is 0.533. The molecule has 1 heterocycles. The number of carbonyl (C=O) groups excluding carboxylic acids is 1. The summed E-state index contributed by atoms with van der Waals surface area (Å²) in [6.07, 6.45) is 1.34. The number of benzene rings is 1. The Morgan fingerprint density at radius 1 is 1.35 bits per heavy atom. The molecule has 0 aromatic heterocycles. The van der Waals surface area contributed by atoms with Gasteiger partial charge < -0.3 is 10.0 Å². The number of ketones is 1. The highest BCUT2D eigenvalue weighted by Gasteiger charge is 2.24. The van der Waals surface area contributed by atoms with Crippen molar-refractivity contribution in [3.8, 4) is 0 Å². The van der Waals surface area contributed by atoms with E-state index in [4.69, 9.17) is 23.2 Å². The van der Waals surface area contributed by atoms with Gasteiger partial charge in [-0.1, -0.05) is 29.3 Å². The van der Waals surface area contributed by atoms with E-state index in [0.717, 1.165) is 31.5 Å². The average molecular weight is 316 g/mol. The van der Waals surface area contributed by atoms with Crippen LogP contribution in [0.2, 0.25) is 10.0 Å². The molecule has 1 aliphatic heterocycles. The third-order valence-corrected chi connectivity index (χ3v) is 4.57. The maximum absolute atomic E-state index is 11.9. The number of halogens is 2. The molecule has 3 nitrogen and oxygen atoms in total. The SMILES string of the molecule is CC(=O)[C@H](CN1CCC(O)CC1)c1ccc(Cl)c(Cl)c1. The zero-order valence-corrected chi connectivity index (χ0v) is 13.0. The van der Waals surface area contributed by atoms with Crippen molar-refractivity contribution < 1.29 is 9.90 Å². The zero-order valence-electron chi connectivity index (χ0n) is 11.5. The molecular weight excluding hydrogens is 297 g/mol. The third-order valence-electron chi connectivity index (χ3n) is 3.83. The molecule has 5 heteroatoms. The summed E-state index contributed by atoms with van der Waals surface area (Å²) in [6, 6.07) is 5.36. The molecule has 20 heavy (non-hydrogen) atoms. The number of aliphatic hydroxyl groups excluding tert-OH is 1. The summed E-state index contributed by atoms with van der Waals surface area (Å²) in [5.74, 6) is -0.0745. The maximum atomic E-state index is 11.9. The number of carbonyl (C=O) groups is 1. The highest BCUT2D eigenvalue weighted by atomic mass is 35.5. The molecule has 1 N–H and O–H groups in total. The predicted octanol–water partition coefficient (Wildman–Crippen LogP) is 3.12. The van der Waals surface area contributed by atoms with Crippen molar-refractivity contribution in [3.63, 3.8) is 0 Å². The van der Waals surface area contributed by atoms with E-state index in [1.54, 1.807) is 19.1 Å². The van der Waals surface area contributed by atoms with E-state index in [0.29, 0.717) is 16.6 Å². The van der Waals surface area contributed by atoms with Gasteiger partial charge in [0.2, 0.25) is 0 Å². The van der Waals surface area contributed by atoms with Crippen LogP contribution in [0.4, 0.5) is 0 Å². The van der Waals surface area contributed by atoms with Crippen LogP contribution in [0.5, 0.6) is 0 Å². The lowest BCUT2D eigenvalue weighted by Gasteiger charge is -2.32. The van der Waals surface area contributed by atoms with E-state index in [1.165, 1.54) is 0 Å². The van der Waals surface area contributed by atoms with Gasteiger partial charge in [0.1, 0.15) is 5.78 Å². The van der Waals surface area contributed by atoms with Crippen LogP contribution in [0, 0.1) is 0 Å². The second kappa shape index (κ2) is 6.90. The van der Waals surface area contributed by atoms with Crippen molar-refractivity contribution in [2.75, 3.05) is 19.6 Å². The van der Waals surface area contributed by atoms with Crippen molar-refractivity contribution in [2.45, 2.75) is 31.8 Å². The fourth-order valence-electron chi connectivity index (χ4n) is 2.56. The van der Waals surface area contributed by atoms with Crippen LogP contribution >= 0.6 is 23.2 Å². The number of rotatable bonds is 4. The summed E-state index contributed by atoms with van der Waals surface area (Å²) in [5, 5.41) is 10.5. The summed E-state index contributed by atoms with van der Waals surface area (Å²) in [6.45, 7) is 3.92. The van der Waals surface area contributed by atoms with Crippen LogP contribution in [0.25, 0.3) is 0 Å². The molecule has 0 radical (unpaired) electrons. The smallest absolute Gasteiger partial charge is 0.138 e. The Kier molecular flexibility index (Phi) is 5.44. The first-order valence-corrected chi connectivity index (χ1v) is 7.59. The topological polar surface area (TPSA) is 40.5 Å². The number of hydrogen-bond donors (Lipinski definition) is 1. The highest BCUT2D eigenvalue weighted by Crippen LogP contribution is 2.28. The highest BCUT2D eigenvalue weighted by molar-refractivity contribution is 6.42. The summed E-state index contributed by atoms with van der Waals surface area (Å²) in [7, 11) is 0. The average Bonchev–Trinajstić information content (AvgIpc) is 2.41. The number of Topliss-reactive ketones (excluding diaryl/α,β-unsaturated/α-hetero) is 1. The van der Waals surface area contributed by atoms with Crippen molar-refractivity contribution in [2.24, 2.45) is 0 Å². The summed E-state index contributed by atoms with van der Waals surface area (Å²) >= 11 is 12.0. The normalized spacial score (nSPS) is 19.0. The van der Waals surface area contributed by atoms with Crippen LogP contribution in [-0.4, -0.2) is 41.5 Å². The van der Waals surface area contributed by atoms with Gasteiger partial charge in [-0.3, -0.25) is 4.79 Å². The number of hydrogen-bond acceptors (Lipinski definition) is 3. The van der Waals surface area contributed by atoms with Crippen LogP contribution in [-0.2, 0) is 4.79 Å². The molecule has 1 saturated heterocycles. The fourth-order valence-corrected chi connectivity index (χ4v) is 2.86. The van der Waals surface area contributed by atoms with Crippen LogP contribution in [0.15, 0.2) is 18.2 Å². The first-order chi connectivity index (χ1) is 9.47. The van der Waals surface area contributed by atoms with E-state index in [2.05, 4.69) is 4.90 Å². The Bertz CT molecular complexity index is 485. The molecule has 2 rings (SSSR count). The Hall–Kier alpha value is -0.610. The Labute approximate surface area is 129 Å². The minimum atomic E-state index is -0.202. The molecule has 0 bridgehead atoms. The van der Waals surface area contributed by atoms with Crippen LogP contribution < -0.4 is 0 Å². The van der Waals surface area contributed by atoms with Gasteiger partial charge in [-0.2, -0.15) is 0 Å². The third kappa shape index (κ3) is 3.95. The van der Waals surface area contributed by atoms with Gasteiger partial charge in [-0.15, -0.1) is 0 Å². The molecule has 1 aromatic rings. The van der Waals surface area contributed by atoms with E-state index in [-0.39, 0.29) is 17.8 Å². The second-order valence-corrected chi connectivity index (χ2v) is 6.18. The molecule has 0 aliphatic carbocycles. The molecule has 0 amide bonds. The molecule has 0 saturated carbocycles. The summed E-state index contributed by atoms with van der Waals surface area (Å²) < 4.78 is 0. The molecule has 1 atom stereocenters. The van der Waals surface area contributed by atoms with E-state index < -0.39 is 0 Å². The zero-order chi connectivity index (χ0) is 14.7. The van der Waals surface area contributed by atoms with Crippen molar-refractivity contribution in [1.82, 2.24) is 4.90 Å². The lowest BCUT2D eigenvalue weighted by Crippen LogP contribution is -2.39. The molecule has 1 aliphatic rings. The molecule has 110 valence electrons. The Morgan fingerprint density at radius 2 is 2.00 bits per heavy atom. The molecule has 0 unspecified atom stereocenters. The van der Waals surface area contributed by atoms with Crippen LogP contribution in [0.3, 0.4) is 0 Å². The Balaban J connectivity index is 2.10. The van der Waals surface area contributed by atoms with Crippen molar-refractivity contribution >= 4 is 29.0 Å². The summed E-state index contributed by atoms with van der Waals surface area (Å²) in [5.41, 5.74) is 0.901. The van der Waals surface area contributed by atoms with E-state index >= 15 is 0 Å². The maximum Gasteiger partial charge on any atom is 0.138 e. The lowest BCUT2D eigenvalue weighted by molar-refractivity contribution is -0.119. The van der Waals surface area contributed by atoms with Gasteiger partial charge in [0.15, 0.2) is 0 Å². The largest absolute Gasteiger partial charge is 0.393 e. The second-order valence-electron chi connectivity index (χ2n) is 5.37. The van der Waals surface area contributed by atoms with Gasteiger partial charge in [0, 0.05) is 19.6 Å². The van der Waals surface area contributed by atoms with Gasteiger partial charge in [0.05, 0.1) is 22.1 Å². The van der Waals surface area contributed by atoms with Gasteiger partial charge in [-0.05, 0) is 37.5 Å². The molecule has 0 spiro atoms. The number of nitrogens with zero attached hydrogens (tertiary/aromatic N) is 1. The minimum Gasteiger partial charge on any atom is -0.393 e. The monoisotopic (exact) mass is 315 g/mol. The number of aliphatic hydroxyl groups is 1. The quantitative estimate of drug-likeness (QED) is 0.928. The lowest BCUT2D eigenvalue weighted by atomic mass is 9.94. The first kappa shape index (κ1) is 15.8. The van der Waals surface area contributed by atoms with Gasteiger partial charge >= 0.3 is 0 Å². The van der Waals surface area contributed by atoms with Crippen molar-refractivity contribution in [1.29, 1.82) is 0 Å². The van der Waals surface area contributed by atoms with E-state index in [9.17, 15) is 9.90 Å². The minimum absolute atomic E-state index is 0.120. The first-order valence-electron chi connectivity index (χ1n) is 6.83. The molecule has 1 fully saturated rings.